The molecular formula is C14H10N2O9. The van der Waals surface area contributed by atoms with Crippen LogP contribution in [0.1, 0.15) is 20.7 Å². The minimum absolute atomic E-state index is 0.0671. The van der Waals surface area contributed by atoms with Crippen LogP contribution in [0.4, 0.5) is 11.4 Å². The van der Waals surface area contributed by atoms with Crippen LogP contribution in [0.2, 0.25) is 0 Å². The Labute approximate surface area is 138 Å². The average molecular weight is 350 g/mol. The fraction of sp³-hybridized carbons (Fsp3) is 0. The van der Waals surface area contributed by atoms with Gasteiger partial charge in [0, 0.05) is 12.1 Å². The smallest absolute Gasteiger partial charge is 0.339 e. The SMILES string of the molecule is O=C(O)c1cc([N+](=O)[O-])cc([N+](=O)[O-])c1.O=C(O)c1ccccc1O. The molecule has 0 aromatic heterocycles. The van der Waals surface area contributed by atoms with Crippen molar-refractivity contribution in [3.05, 3.63) is 73.8 Å². The van der Waals surface area contributed by atoms with Crippen molar-refractivity contribution < 1.29 is 34.8 Å². The van der Waals surface area contributed by atoms with E-state index in [1.54, 1.807) is 12.1 Å². The number of carboxylic acids is 2. The van der Waals surface area contributed by atoms with E-state index < -0.39 is 38.7 Å². The topological polar surface area (TPSA) is 181 Å². The number of aromatic hydroxyl groups is 1. The molecule has 0 saturated heterocycles. The molecule has 11 heteroatoms. The summed E-state index contributed by atoms with van der Waals surface area (Å²) in [4.78, 5) is 39.7. The van der Waals surface area contributed by atoms with Gasteiger partial charge in [0.25, 0.3) is 11.4 Å². The normalized spacial score (nSPS) is 9.44. The van der Waals surface area contributed by atoms with E-state index in [1.807, 2.05) is 0 Å². The average Bonchev–Trinajstić information content (AvgIpc) is 2.55. The van der Waals surface area contributed by atoms with E-state index in [0.717, 1.165) is 12.1 Å². The molecule has 0 atom stereocenters. The van der Waals surface area contributed by atoms with Crippen molar-refractivity contribution in [1.29, 1.82) is 0 Å². The monoisotopic (exact) mass is 350 g/mol. The zero-order chi connectivity index (χ0) is 19.1. The zero-order valence-electron chi connectivity index (χ0n) is 12.2. The molecule has 2 aromatic carbocycles. The van der Waals surface area contributed by atoms with Crippen molar-refractivity contribution in [2.24, 2.45) is 0 Å². The van der Waals surface area contributed by atoms with Crippen LogP contribution in [0.5, 0.6) is 5.75 Å². The van der Waals surface area contributed by atoms with Crippen molar-refractivity contribution in [2.45, 2.75) is 0 Å². The number of hydrogen-bond donors (Lipinski definition) is 3. The Hall–Kier alpha value is -4.02. The number of nitro benzene ring substituents is 2. The first-order valence-corrected chi connectivity index (χ1v) is 6.32. The highest BCUT2D eigenvalue weighted by Gasteiger charge is 2.19. The number of carboxylic acid groups (broad SMARTS) is 2. The first-order chi connectivity index (χ1) is 11.6. The number of hydrogen-bond acceptors (Lipinski definition) is 7. The Bertz CT molecular complexity index is 769. The van der Waals surface area contributed by atoms with Gasteiger partial charge in [-0.05, 0) is 12.1 Å². The molecule has 0 heterocycles. The molecule has 130 valence electrons. The van der Waals surface area contributed by atoms with Gasteiger partial charge in [0.15, 0.2) is 0 Å². The number of rotatable bonds is 4. The highest BCUT2D eigenvalue weighted by Crippen LogP contribution is 2.22. The number of nitro groups is 2. The number of benzene rings is 2. The molecule has 0 unspecified atom stereocenters. The number of non-ortho nitro benzene ring substituents is 2. The van der Waals surface area contributed by atoms with Gasteiger partial charge < -0.3 is 15.3 Å². The Kier molecular flexibility index (Phi) is 6.09. The lowest BCUT2D eigenvalue weighted by Gasteiger charge is -1.96. The molecule has 0 spiro atoms. The minimum atomic E-state index is -1.46. The predicted octanol–water partition coefficient (Wildman–Crippen LogP) is 2.29. The molecule has 0 saturated carbocycles. The maximum Gasteiger partial charge on any atom is 0.339 e. The van der Waals surface area contributed by atoms with E-state index in [4.69, 9.17) is 15.3 Å². The van der Waals surface area contributed by atoms with Gasteiger partial charge in [-0.2, -0.15) is 0 Å². The van der Waals surface area contributed by atoms with Gasteiger partial charge in [-0.15, -0.1) is 0 Å². The van der Waals surface area contributed by atoms with Gasteiger partial charge >= 0.3 is 11.9 Å². The largest absolute Gasteiger partial charge is 0.507 e. The molecule has 2 rings (SSSR count). The number of para-hydroxylation sites is 1. The van der Waals surface area contributed by atoms with Crippen molar-refractivity contribution in [3.63, 3.8) is 0 Å². The lowest BCUT2D eigenvalue weighted by atomic mass is 10.2. The third-order valence-corrected chi connectivity index (χ3v) is 2.71. The summed E-state index contributed by atoms with van der Waals surface area (Å²) in [5.74, 6) is -2.77. The van der Waals surface area contributed by atoms with Crippen molar-refractivity contribution >= 4 is 23.3 Å². The van der Waals surface area contributed by atoms with Gasteiger partial charge in [0.1, 0.15) is 11.3 Å². The molecule has 0 aliphatic rings. The quantitative estimate of drug-likeness (QED) is 0.550. The third-order valence-electron chi connectivity index (χ3n) is 2.71. The van der Waals surface area contributed by atoms with Crippen LogP contribution in [-0.4, -0.2) is 37.1 Å². The zero-order valence-corrected chi connectivity index (χ0v) is 12.2. The summed E-state index contributed by atoms with van der Waals surface area (Å²) in [5.41, 5.74) is -1.80. The van der Waals surface area contributed by atoms with E-state index in [9.17, 15) is 29.8 Å². The minimum Gasteiger partial charge on any atom is -0.507 e. The summed E-state index contributed by atoms with van der Waals surface area (Å²) in [6.07, 6.45) is 0. The Morgan fingerprint density at radius 1 is 0.840 bits per heavy atom. The fourth-order valence-electron chi connectivity index (χ4n) is 1.58. The third kappa shape index (κ3) is 5.28. The molecule has 0 bridgehead atoms. The van der Waals surface area contributed by atoms with Crippen LogP contribution in [0.15, 0.2) is 42.5 Å². The second kappa shape index (κ2) is 8.01. The standard InChI is InChI=1S/C7H4N2O6.C7H6O3/c10-7(11)4-1-5(8(12)13)3-6(2-4)9(14)15;8-6-4-2-1-3-5(6)7(9)10/h1-3H,(H,10,11);1-4,8H,(H,9,10). The van der Waals surface area contributed by atoms with Crippen LogP contribution < -0.4 is 0 Å². The van der Waals surface area contributed by atoms with Gasteiger partial charge in [-0.3, -0.25) is 20.2 Å². The summed E-state index contributed by atoms with van der Waals surface area (Å²) in [5, 5.41) is 46.5. The first kappa shape index (κ1) is 19.0. The highest BCUT2D eigenvalue weighted by molar-refractivity contribution is 5.90. The molecular weight excluding hydrogens is 340 g/mol. The van der Waals surface area contributed by atoms with Crippen LogP contribution in [0.3, 0.4) is 0 Å². The van der Waals surface area contributed by atoms with Crippen molar-refractivity contribution in [1.82, 2.24) is 0 Å². The highest BCUT2D eigenvalue weighted by atomic mass is 16.6. The van der Waals surface area contributed by atoms with Crippen LogP contribution in [0, 0.1) is 20.2 Å². The van der Waals surface area contributed by atoms with E-state index in [2.05, 4.69) is 0 Å². The summed E-state index contributed by atoms with van der Waals surface area (Å²) in [6.45, 7) is 0. The fourth-order valence-corrected chi connectivity index (χ4v) is 1.58. The molecule has 2 aromatic rings. The lowest BCUT2D eigenvalue weighted by molar-refractivity contribution is -0.394. The summed E-state index contributed by atoms with van der Waals surface area (Å²) >= 11 is 0. The van der Waals surface area contributed by atoms with Gasteiger partial charge in [-0.25, -0.2) is 9.59 Å². The van der Waals surface area contributed by atoms with Crippen LogP contribution in [-0.2, 0) is 0 Å². The van der Waals surface area contributed by atoms with Crippen molar-refractivity contribution in [2.75, 3.05) is 0 Å². The Morgan fingerprint density at radius 3 is 1.64 bits per heavy atom. The Morgan fingerprint density at radius 2 is 1.32 bits per heavy atom. The van der Waals surface area contributed by atoms with E-state index in [0.29, 0.717) is 6.07 Å². The van der Waals surface area contributed by atoms with E-state index >= 15 is 0 Å². The maximum atomic E-state index is 10.5. The molecule has 0 fully saturated rings. The second-order valence-corrected chi connectivity index (χ2v) is 4.38. The lowest BCUT2D eigenvalue weighted by Crippen LogP contribution is -2.00. The van der Waals surface area contributed by atoms with Crippen LogP contribution in [0.25, 0.3) is 0 Å². The van der Waals surface area contributed by atoms with Gasteiger partial charge in [0.2, 0.25) is 0 Å². The number of phenols is 1. The van der Waals surface area contributed by atoms with E-state index in [1.165, 1.54) is 12.1 Å². The summed E-state index contributed by atoms with van der Waals surface area (Å²) in [6, 6.07) is 8.03. The molecule has 11 nitrogen and oxygen atoms in total. The number of nitrogens with zero attached hydrogens (tertiary/aromatic N) is 2. The molecule has 25 heavy (non-hydrogen) atoms. The predicted molar refractivity (Wildman–Crippen MR) is 81.8 cm³/mol. The molecule has 0 amide bonds. The van der Waals surface area contributed by atoms with Crippen molar-refractivity contribution in [3.8, 4) is 5.75 Å². The summed E-state index contributed by atoms with van der Waals surface area (Å²) < 4.78 is 0. The van der Waals surface area contributed by atoms with E-state index in [-0.39, 0.29) is 11.3 Å². The molecule has 0 aliphatic heterocycles. The number of aromatic carboxylic acids is 2. The van der Waals surface area contributed by atoms with Gasteiger partial charge in [0.05, 0.1) is 21.5 Å². The second-order valence-electron chi connectivity index (χ2n) is 4.38. The molecule has 3 N–H and O–H groups in total. The first-order valence-electron chi connectivity index (χ1n) is 6.32. The summed E-state index contributed by atoms with van der Waals surface area (Å²) in [7, 11) is 0. The molecule has 0 aliphatic carbocycles. The Balaban J connectivity index is 0.000000271. The van der Waals surface area contributed by atoms with Gasteiger partial charge in [-0.1, -0.05) is 12.1 Å². The maximum absolute atomic E-state index is 10.5. The van der Waals surface area contributed by atoms with Crippen LogP contribution >= 0.6 is 0 Å². The number of carbonyl (C=O) groups is 2. The molecule has 0 radical (unpaired) electrons.